The van der Waals surface area contributed by atoms with Gasteiger partial charge in [-0.3, -0.25) is 4.79 Å². The Morgan fingerprint density at radius 1 is 1.28 bits per heavy atom. The van der Waals surface area contributed by atoms with Gasteiger partial charge in [0.25, 0.3) is 0 Å². The van der Waals surface area contributed by atoms with Crippen LogP contribution in [0.5, 0.6) is 11.5 Å². The molecule has 4 rings (SSSR count). The van der Waals surface area contributed by atoms with Gasteiger partial charge in [-0.25, -0.2) is 5.43 Å². The van der Waals surface area contributed by atoms with Crippen molar-refractivity contribution in [2.45, 2.75) is 46.1 Å². The molecule has 0 radical (unpaired) electrons. The Hall–Kier alpha value is -1.61. The first kappa shape index (κ1) is 23.5. The van der Waals surface area contributed by atoms with Crippen LogP contribution in [0.1, 0.15) is 50.7 Å². The molecule has 3 atom stereocenters. The van der Waals surface area contributed by atoms with Crippen molar-refractivity contribution in [3.8, 4) is 11.5 Å². The van der Waals surface area contributed by atoms with Crippen LogP contribution in [0.4, 0.5) is 0 Å². The van der Waals surface area contributed by atoms with Crippen molar-refractivity contribution >= 4 is 50.6 Å². The number of halogens is 2. The van der Waals surface area contributed by atoms with Crippen molar-refractivity contribution < 1.29 is 14.3 Å². The first-order valence-corrected chi connectivity index (χ1v) is 13.0. The summed E-state index contributed by atoms with van der Waals surface area (Å²) in [6.07, 6.45) is 6.46. The highest BCUT2D eigenvalue weighted by Crippen LogP contribution is 2.66. The summed E-state index contributed by atoms with van der Waals surface area (Å²) >= 11 is 5.70. The second-order valence-electron chi connectivity index (χ2n) is 8.75. The minimum atomic E-state index is 0.0461. The zero-order chi connectivity index (χ0) is 22.7. The van der Waals surface area contributed by atoms with E-state index in [2.05, 4.69) is 56.0 Å². The fourth-order valence-electron chi connectivity index (χ4n) is 4.89. The molecule has 2 aromatic carbocycles. The molecule has 2 aliphatic carbocycles. The summed E-state index contributed by atoms with van der Waals surface area (Å²) in [5.74, 6) is 2.07. The molecule has 0 heterocycles. The van der Waals surface area contributed by atoms with Gasteiger partial charge in [-0.2, -0.15) is 5.10 Å². The van der Waals surface area contributed by atoms with E-state index in [9.17, 15) is 4.79 Å². The van der Waals surface area contributed by atoms with Gasteiger partial charge in [-0.15, -0.1) is 0 Å². The predicted octanol–water partition coefficient (Wildman–Crippen LogP) is 6.31. The molecule has 32 heavy (non-hydrogen) atoms. The average Bonchev–Trinajstić information content (AvgIpc) is 3.40. The summed E-state index contributed by atoms with van der Waals surface area (Å²) in [4.78, 5) is 12.6. The van der Waals surface area contributed by atoms with E-state index in [1.165, 1.54) is 12.8 Å². The van der Waals surface area contributed by atoms with Gasteiger partial charge >= 0.3 is 0 Å². The van der Waals surface area contributed by atoms with E-state index in [0.29, 0.717) is 30.6 Å². The van der Waals surface area contributed by atoms with Crippen LogP contribution >= 0.6 is 38.5 Å². The molecule has 0 saturated heterocycles. The number of carbonyl (C=O) groups is 1. The molecule has 2 fully saturated rings. The minimum Gasteiger partial charge on any atom is -0.490 e. The largest absolute Gasteiger partial charge is 0.490 e. The van der Waals surface area contributed by atoms with Crippen molar-refractivity contribution in [1.29, 1.82) is 0 Å². The number of hydrogen-bond donors (Lipinski definition) is 1. The summed E-state index contributed by atoms with van der Waals surface area (Å²) in [6.45, 7) is 5.18. The van der Waals surface area contributed by atoms with Gasteiger partial charge in [0.15, 0.2) is 11.5 Å². The quantitative estimate of drug-likeness (QED) is 0.217. The van der Waals surface area contributed by atoms with Gasteiger partial charge in [0.05, 0.1) is 16.4 Å². The Labute approximate surface area is 211 Å². The number of fused-ring (bicyclic) bond motifs is 1. The number of hydrogen-bond acceptors (Lipinski definition) is 4. The lowest BCUT2D eigenvalue weighted by Crippen LogP contribution is -2.22. The molecule has 2 saturated carbocycles. The number of ether oxygens (including phenoxy) is 2. The maximum atomic E-state index is 12.6. The van der Waals surface area contributed by atoms with Gasteiger partial charge in [0.2, 0.25) is 5.91 Å². The standard InChI is InChI=1S/C25H28BrIN2O3/c1-3-31-21-13-17(12-20(27)23(21)32-15-16-7-9-18(26)10-8-16)14-28-29-24(30)22-19-6-4-5-11-25(19,22)2/h7-10,12-14,19,22H,3-6,11,15H2,1-2H3,(H,29,30)/b28-14-/t19-,22+,25+/m1/s1. The fourth-order valence-corrected chi connectivity index (χ4v) is 5.94. The Morgan fingerprint density at radius 3 is 2.75 bits per heavy atom. The van der Waals surface area contributed by atoms with Gasteiger partial charge in [-0.1, -0.05) is 47.8 Å². The molecule has 0 unspecified atom stereocenters. The van der Waals surface area contributed by atoms with Crippen LogP contribution < -0.4 is 14.9 Å². The predicted molar refractivity (Wildman–Crippen MR) is 138 cm³/mol. The number of amides is 1. The number of hydrazone groups is 1. The van der Waals surface area contributed by atoms with E-state index < -0.39 is 0 Å². The molecule has 0 spiro atoms. The summed E-state index contributed by atoms with van der Waals surface area (Å²) in [5.41, 5.74) is 4.88. The number of nitrogens with one attached hydrogen (secondary N) is 1. The molecule has 0 bridgehead atoms. The van der Waals surface area contributed by atoms with Gasteiger partial charge in [0, 0.05) is 10.4 Å². The summed E-state index contributed by atoms with van der Waals surface area (Å²) < 4.78 is 13.9. The second kappa shape index (κ2) is 10.1. The first-order chi connectivity index (χ1) is 15.4. The monoisotopic (exact) mass is 610 g/mol. The maximum absolute atomic E-state index is 12.6. The number of rotatable bonds is 8. The Balaban J connectivity index is 1.41. The smallest absolute Gasteiger partial charge is 0.244 e. The summed E-state index contributed by atoms with van der Waals surface area (Å²) in [7, 11) is 0. The van der Waals surface area contributed by atoms with Gasteiger partial charge < -0.3 is 9.47 Å². The summed E-state index contributed by atoms with van der Waals surface area (Å²) in [5, 5.41) is 4.24. The SMILES string of the molecule is CCOc1cc(/C=N\NC(=O)[C@@H]2[C@H]3CCCC[C@@]32C)cc(I)c1OCc1ccc(Br)cc1. The number of benzene rings is 2. The third kappa shape index (κ3) is 5.14. The van der Waals surface area contributed by atoms with Crippen molar-refractivity contribution in [2.75, 3.05) is 6.61 Å². The Morgan fingerprint density at radius 2 is 2.06 bits per heavy atom. The average molecular weight is 611 g/mol. The number of nitrogens with zero attached hydrogens (tertiary/aromatic N) is 1. The van der Waals surface area contributed by atoms with E-state index in [0.717, 1.165) is 32.0 Å². The molecular formula is C25H28BrIN2O3. The van der Waals surface area contributed by atoms with E-state index in [1.54, 1.807) is 6.21 Å². The lowest BCUT2D eigenvalue weighted by Gasteiger charge is -2.15. The molecule has 1 N–H and O–H groups in total. The van der Waals surface area contributed by atoms with Crippen molar-refractivity contribution in [3.05, 3.63) is 55.6 Å². The molecule has 2 aliphatic rings. The molecule has 0 aromatic heterocycles. The van der Waals surface area contributed by atoms with Crippen LogP contribution in [0.3, 0.4) is 0 Å². The lowest BCUT2D eigenvalue weighted by molar-refractivity contribution is -0.123. The van der Waals surface area contributed by atoms with E-state index in [-0.39, 0.29) is 17.2 Å². The van der Waals surface area contributed by atoms with Crippen molar-refractivity contribution in [3.63, 3.8) is 0 Å². The van der Waals surface area contributed by atoms with E-state index in [4.69, 9.17) is 9.47 Å². The highest BCUT2D eigenvalue weighted by molar-refractivity contribution is 14.1. The third-order valence-corrected chi connectivity index (χ3v) is 7.96. The topological polar surface area (TPSA) is 59.9 Å². The molecular weight excluding hydrogens is 583 g/mol. The van der Waals surface area contributed by atoms with Gasteiger partial charge in [-0.05, 0) is 89.1 Å². The summed E-state index contributed by atoms with van der Waals surface area (Å²) in [6, 6.07) is 11.9. The van der Waals surface area contributed by atoms with E-state index in [1.807, 2.05) is 43.3 Å². The van der Waals surface area contributed by atoms with Crippen molar-refractivity contribution in [2.24, 2.45) is 22.4 Å². The van der Waals surface area contributed by atoms with Crippen LogP contribution in [-0.4, -0.2) is 18.7 Å². The van der Waals surface area contributed by atoms with Crippen molar-refractivity contribution in [1.82, 2.24) is 5.43 Å². The highest BCUT2D eigenvalue weighted by Gasteiger charge is 2.64. The van der Waals surface area contributed by atoms with Crippen LogP contribution in [0.15, 0.2) is 46.0 Å². The highest BCUT2D eigenvalue weighted by atomic mass is 127. The second-order valence-corrected chi connectivity index (χ2v) is 10.8. The fraction of sp³-hybridized carbons (Fsp3) is 0.440. The Kier molecular flexibility index (Phi) is 7.44. The van der Waals surface area contributed by atoms with E-state index >= 15 is 0 Å². The molecule has 170 valence electrons. The first-order valence-electron chi connectivity index (χ1n) is 11.1. The van der Waals surface area contributed by atoms with Crippen LogP contribution in [-0.2, 0) is 11.4 Å². The zero-order valence-corrected chi connectivity index (χ0v) is 22.1. The molecule has 2 aromatic rings. The van der Waals surface area contributed by atoms with Crippen LogP contribution in [0.25, 0.3) is 0 Å². The van der Waals surface area contributed by atoms with Crippen LogP contribution in [0.2, 0.25) is 0 Å². The normalized spacial score (nSPS) is 24.1. The molecule has 1 amide bonds. The number of carbonyl (C=O) groups excluding carboxylic acids is 1. The zero-order valence-electron chi connectivity index (χ0n) is 18.4. The molecule has 0 aliphatic heterocycles. The molecule has 7 heteroatoms. The molecule has 5 nitrogen and oxygen atoms in total. The van der Waals surface area contributed by atoms with Crippen LogP contribution in [0, 0.1) is 20.8 Å². The Bertz CT molecular complexity index is 1010. The minimum absolute atomic E-state index is 0.0461. The van der Waals surface area contributed by atoms with Gasteiger partial charge in [0.1, 0.15) is 6.61 Å². The maximum Gasteiger partial charge on any atom is 0.244 e. The lowest BCUT2D eigenvalue weighted by atomic mass is 9.90. The third-order valence-electron chi connectivity index (χ3n) is 6.63.